The number of aryl methyl sites for hydroxylation is 2. The maximum absolute atomic E-state index is 12.5. The molecule has 154 valence electrons. The van der Waals surface area contributed by atoms with Crippen molar-refractivity contribution >= 4 is 11.7 Å². The Bertz CT molecular complexity index is 1030. The molecule has 1 aliphatic carbocycles. The summed E-state index contributed by atoms with van der Waals surface area (Å²) in [7, 11) is 0. The first kappa shape index (κ1) is 20.0. The van der Waals surface area contributed by atoms with Crippen molar-refractivity contribution in [2.24, 2.45) is 0 Å². The van der Waals surface area contributed by atoms with Crippen molar-refractivity contribution in [1.29, 1.82) is 0 Å². The molecule has 1 atom stereocenters. The lowest BCUT2D eigenvalue weighted by atomic mass is 9.89. The van der Waals surface area contributed by atoms with Gasteiger partial charge in [0.05, 0.1) is 24.1 Å². The summed E-state index contributed by atoms with van der Waals surface area (Å²) in [5.74, 6) is -0.0856. The zero-order valence-corrected chi connectivity index (χ0v) is 17.2. The third kappa shape index (κ3) is 4.64. The van der Waals surface area contributed by atoms with Crippen molar-refractivity contribution in [1.82, 2.24) is 20.3 Å². The van der Waals surface area contributed by atoms with Gasteiger partial charge >= 0.3 is 0 Å². The van der Waals surface area contributed by atoms with Crippen LogP contribution in [0.4, 0.5) is 0 Å². The lowest BCUT2D eigenvalue weighted by Crippen LogP contribution is -2.27. The summed E-state index contributed by atoms with van der Waals surface area (Å²) < 4.78 is 1.68. The van der Waals surface area contributed by atoms with Gasteiger partial charge in [-0.05, 0) is 67.5 Å². The number of ketones is 1. The third-order valence-corrected chi connectivity index (χ3v) is 5.71. The average Bonchev–Trinajstić information content (AvgIpc) is 3.32. The Morgan fingerprint density at radius 1 is 1.03 bits per heavy atom. The van der Waals surface area contributed by atoms with Crippen molar-refractivity contribution in [2.45, 2.75) is 51.5 Å². The summed E-state index contributed by atoms with van der Waals surface area (Å²) in [6.07, 6.45) is 8.38. The van der Waals surface area contributed by atoms with Gasteiger partial charge in [-0.2, -0.15) is 0 Å². The summed E-state index contributed by atoms with van der Waals surface area (Å²) in [5.41, 5.74) is 5.28. The van der Waals surface area contributed by atoms with Crippen molar-refractivity contribution in [2.75, 3.05) is 0 Å². The minimum atomic E-state index is -0.138. The number of benzene rings is 2. The Morgan fingerprint density at radius 3 is 2.53 bits per heavy atom. The summed E-state index contributed by atoms with van der Waals surface area (Å²) in [5, 5.41) is 10.7. The Hall–Kier alpha value is -3.28. The number of carbonyl (C=O) groups is 2. The molecule has 4 rings (SSSR count). The molecular weight excluding hydrogens is 376 g/mol. The van der Waals surface area contributed by atoms with E-state index in [0.29, 0.717) is 0 Å². The van der Waals surface area contributed by atoms with Gasteiger partial charge < -0.3 is 5.32 Å². The highest BCUT2D eigenvalue weighted by atomic mass is 16.2. The lowest BCUT2D eigenvalue weighted by Gasteiger charge is -2.16. The Balaban J connectivity index is 1.29. The van der Waals surface area contributed by atoms with Gasteiger partial charge in [0, 0.05) is 18.4 Å². The maximum Gasteiger partial charge on any atom is 0.220 e. The van der Waals surface area contributed by atoms with Gasteiger partial charge in [-0.1, -0.05) is 29.5 Å². The summed E-state index contributed by atoms with van der Waals surface area (Å²) in [4.78, 5) is 24.9. The molecule has 1 N–H and O–H groups in total. The minimum absolute atomic E-state index is 0.0309. The number of rotatable bonds is 7. The van der Waals surface area contributed by atoms with Crippen molar-refractivity contribution in [3.05, 3.63) is 77.1 Å². The standard InChI is InChI=1S/C24H26N4O2/c1-17(18-8-10-22(11-9-18)28-15-14-25-27-28)26-24(30)13-12-23(29)21-7-6-19-4-2-3-5-20(19)16-21/h6-11,14-17H,2-5,12-13H2,1H3,(H,26,30)/t17-/m0/s1. The largest absolute Gasteiger partial charge is 0.350 e. The van der Waals surface area contributed by atoms with Gasteiger partial charge in [0.25, 0.3) is 0 Å². The number of nitrogens with zero attached hydrogens (tertiary/aromatic N) is 3. The molecule has 0 fully saturated rings. The van der Waals surface area contributed by atoms with E-state index >= 15 is 0 Å². The second kappa shape index (κ2) is 9.03. The van der Waals surface area contributed by atoms with E-state index in [1.54, 1.807) is 17.1 Å². The predicted molar refractivity (Wildman–Crippen MR) is 115 cm³/mol. The Kier molecular flexibility index (Phi) is 6.02. The molecule has 1 amide bonds. The highest BCUT2D eigenvalue weighted by Gasteiger charge is 2.15. The number of carbonyl (C=O) groups excluding carboxylic acids is 2. The highest BCUT2D eigenvalue weighted by molar-refractivity contribution is 5.98. The second-order valence-electron chi connectivity index (χ2n) is 7.84. The number of Topliss-reactive ketones (excluding diaryl/α,β-unsaturated/α-hetero) is 1. The molecule has 0 saturated carbocycles. The molecule has 6 heteroatoms. The smallest absolute Gasteiger partial charge is 0.220 e. The lowest BCUT2D eigenvalue weighted by molar-refractivity contribution is -0.121. The third-order valence-electron chi connectivity index (χ3n) is 5.71. The summed E-state index contributed by atoms with van der Waals surface area (Å²) >= 11 is 0. The maximum atomic E-state index is 12.5. The topological polar surface area (TPSA) is 76.9 Å². The van der Waals surface area contributed by atoms with Gasteiger partial charge in [-0.25, -0.2) is 4.68 Å². The molecule has 0 saturated heterocycles. The van der Waals surface area contributed by atoms with Crippen LogP contribution in [-0.4, -0.2) is 26.7 Å². The first-order valence-corrected chi connectivity index (χ1v) is 10.5. The van der Waals surface area contributed by atoms with Crippen LogP contribution < -0.4 is 5.32 Å². The molecule has 1 aromatic heterocycles. The van der Waals surface area contributed by atoms with Gasteiger partial charge in [0.2, 0.25) is 5.91 Å². The van der Waals surface area contributed by atoms with Crippen LogP contribution in [0.2, 0.25) is 0 Å². The molecule has 0 spiro atoms. The quantitative estimate of drug-likeness (QED) is 0.606. The molecule has 30 heavy (non-hydrogen) atoms. The van der Waals surface area contributed by atoms with E-state index in [2.05, 4.69) is 21.7 Å². The van der Waals surface area contributed by atoms with Crippen LogP contribution in [0.5, 0.6) is 0 Å². The number of hydrogen-bond acceptors (Lipinski definition) is 4. The van der Waals surface area contributed by atoms with Crippen LogP contribution in [0.1, 0.15) is 65.7 Å². The first-order chi connectivity index (χ1) is 14.6. The molecule has 3 aromatic rings. The molecule has 2 aromatic carbocycles. The van der Waals surface area contributed by atoms with Crippen LogP contribution in [0.25, 0.3) is 5.69 Å². The Labute approximate surface area is 176 Å². The zero-order chi connectivity index (χ0) is 20.9. The SMILES string of the molecule is C[C@H](NC(=O)CCC(=O)c1ccc2c(c1)CCCC2)c1ccc(-n2ccnn2)cc1. The monoisotopic (exact) mass is 402 g/mol. The molecular formula is C24H26N4O2. The van der Waals surface area contributed by atoms with Gasteiger partial charge in [-0.15, -0.1) is 5.10 Å². The number of aromatic nitrogens is 3. The van der Waals surface area contributed by atoms with E-state index in [1.165, 1.54) is 24.0 Å². The highest BCUT2D eigenvalue weighted by Crippen LogP contribution is 2.23. The van der Waals surface area contributed by atoms with E-state index in [0.717, 1.165) is 29.7 Å². The van der Waals surface area contributed by atoms with Crippen LogP contribution in [-0.2, 0) is 17.6 Å². The normalized spacial score (nSPS) is 14.0. The molecule has 1 aliphatic rings. The minimum Gasteiger partial charge on any atom is -0.350 e. The van der Waals surface area contributed by atoms with Crippen LogP contribution >= 0.6 is 0 Å². The van der Waals surface area contributed by atoms with Crippen LogP contribution in [0, 0.1) is 0 Å². The Morgan fingerprint density at radius 2 is 1.80 bits per heavy atom. The van der Waals surface area contributed by atoms with Gasteiger partial charge in [0.1, 0.15) is 0 Å². The van der Waals surface area contributed by atoms with E-state index < -0.39 is 0 Å². The van der Waals surface area contributed by atoms with Crippen molar-refractivity contribution < 1.29 is 9.59 Å². The van der Waals surface area contributed by atoms with E-state index in [4.69, 9.17) is 0 Å². The van der Waals surface area contributed by atoms with Crippen LogP contribution in [0.15, 0.2) is 54.9 Å². The molecule has 1 heterocycles. The first-order valence-electron chi connectivity index (χ1n) is 10.5. The van der Waals surface area contributed by atoms with Crippen molar-refractivity contribution in [3.63, 3.8) is 0 Å². The number of nitrogens with one attached hydrogen (secondary N) is 1. The predicted octanol–water partition coefficient (Wildman–Crippen LogP) is 3.99. The summed E-state index contributed by atoms with van der Waals surface area (Å²) in [6, 6.07) is 13.7. The summed E-state index contributed by atoms with van der Waals surface area (Å²) in [6.45, 7) is 1.94. The molecule has 0 aliphatic heterocycles. The average molecular weight is 402 g/mol. The fourth-order valence-corrected chi connectivity index (χ4v) is 3.94. The number of amides is 1. The van der Waals surface area contributed by atoms with Crippen molar-refractivity contribution in [3.8, 4) is 5.69 Å². The molecule has 0 radical (unpaired) electrons. The molecule has 0 unspecified atom stereocenters. The van der Waals surface area contributed by atoms with E-state index in [9.17, 15) is 9.59 Å². The second-order valence-corrected chi connectivity index (χ2v) is 7.84. The fraction of sp³-hybridized carbons (Fsp3) is 0.333. The number of fused-ring (bicyclic) bond motifs is 1. The van der Waals surface area contributed by atoms with E-state index in [-0.39, 0.29) is 30.6 Å². The zero-order valence-electron chi connectivity index (χ0n) is 17.2. The molecule has 0 bridgehead atoms. The van der Waals surface area contributed by atoms with Gasteiger partial charge in [-0.3, -0.25) is 9.59 Å². The molecule has 6 nitrogen and oxygen atoms in total. The van der Waals surface area contributed by atoms with Gasteiger partial charge in [0.15, 0.2) is 5.78 Å². The number of hydrogen-bond donors (Lipinski definition) is 1. The van der Waals surface area contributed by atoms with Crippen LogP contribution in [0.3, 0.4) is 0 Å². The van der Waals surface area contributed by atoms with E-state index in [1.807, 2.05) is 43.3 Å². The fourth-order valence-electron chi connectivity index (χ4n) is 3.94.